The molecule has 0 aromatic carbocycles. The van der Waals surface area contributed by atoms with Gasteiger partial charge in [-0.25, -0.2) is 0 Å². The van der Waals surface area contributed by atoms with Crippen molar-refractivity contribution in [3.05, 3.63) is 0 Å². The molecule has 785 valence electrons. The summed E-state index contributed by atoms with van der Waals surface area (Å²) in [5, 5.41) is 448. The maximum Gasteiger partial charge on any atom is 2.00 e. The molecule has 0 aromatic heterocycles. The fourth-order valence-corrected chi connectivity index (χ4v) is 6.09. The third-order valence-electron chi connectivity index (χ3n) is 14.0. The fraction of sp³-hybridized carbons (Fsp3) is 0.667. The summed E-state index contributed by atoms with van der Waals surface area (Å²) < 4.78 is 0. The number of carboxylic acids is 10. The van der Waals surface area contributed by atoms with Gasteiger partial charge in [-0.05, 0) is 0 Å². The summed E-state index contributed by atoms with van der Waals surface area (Å²) in [5.74, 6) is -20.1. The summed E-state index contributed by atoms with van der Waals surface area (Å²) in [6.45, 7) is 0. The number of hydrogen-bond donors (Lipinski definition) is 40. The summed E-state index contributed by atoms with van der Waals surface area (Å²) in [7, 11) is 0. The van der Waals surface area contributed by atoms with Crippen LogP contribution in [0.2, 0.25) is 0 Å². The Morgan fingerprint density at radius 3 is 0.193 bits per heavy atom. The molecule has 5 radical (unpaired) electrons. The summed E-state index contributed by atoms with van der Waals surface area (Å²) in [5.41, 5.74) is 0. The monoisotopic (exact) mass is 2210 g/mol. The molecular weight excluding hydrogens is 2120 g/mol. The molecule has 0 aliphatic heterocycles. The van der Waals surface area contributed by atoms with Gasteiger partial charge in [-0.3, -0.25) is 0 Å². The van der Waals surface area contributed by atoms with Gasteiger partial charge >= 0.3 is 85.3 Å². The second kappa shape index (κ2) is 85.6. The second-order valence-corrected chi connectivity index (χ2v) is 23.7. The number of aliphatic hydroxyl groups excluding tert-OH is 40. The zero-order valence-electron chi connectivity index (χ0n) is 65.9. The molecule has 0 amide bonds. The van der Waals surface area contributed by atoms with Crippen LogP contribution < -0.4 is 51.1 Å². The number of hydrogen-bond acceptors (Lipinski definition) is 70. The van der Waals surface area contributed by atoms with Gasteiger partial charge in [-0.1, -0.05) is 0 Å². The molecule has 0 spiro atoms. The van der Waals surface area contributed by atoms with E-state index in [2.05, 4.69) is 0 Å². The molecular formula is C60H90Mn5O70. The van der Waals surface area contributed by atoms with Crippen LogP contribution in [0.4, 0.5) is 0 Å². The molecule has 70 nitrogen and oxygen atoms in total. The largest absolute Gasteiger partial charge is 2.00 e. The molecule has 135 heavy (non-hydrogen) atoms. The average Bonchev–Trinajstić information content (AvgIpc) is 0.954. The summed E-state index contributed by atoms with van der Waals surface area (Å²) in [6, 6.07) is 0. The van der Waals surface area contributed by atoms with Crippen molar-refractivity contribution in [1.82, 2.24) is 0 Å². The van der Waals surface area contributed by atoms with Gasteiger partial charge in [0.05, 0.1) is 59.7 Å². The number of carbonyl (C=O) groups is 20. The van der Waals surface area contributed by atoms with E-state index >= 15 is 0 Å². The van der Waals surface area contributed by atoms with E-state index in [0.717, 1.165) is 0 Å². The van der Waals surface area contributed by atoms with Crippen molar-refractivity contribution < 1.29 is 437 Å². The van der Waals surface area contributed by atoms with Crippen LogP contribution in [0.5, 0.6) is 0 Å². The zero-order chi connectivity index (χ0) is 106. The molecule has 0 saturated carbocycles. The van der Waals surface area contributed by atoms with Crippen molar-refractivity contribution in [1.29, 1.82) is 0 Å². The van der Waals surface area contributed by atoms with Crippen LogP contribution in [-0.4, -0.2) is 571 Å². The summed E-state index contributed by atoms with van der Waals surface area (Å²) in [6.07, 6.45) is -86.5. The first kappa shape index (κ1) is 161. The number of aliphatic carboxylic acids is 10. The first-order chi connectivity index (χ1) is 59.1. The molecule has 40 atom stereocenters. The summed E-state index contributed by atoms with van der Waals surface area (Å²) >= 11 is 0. The minimum Gasteiger partial charge on any atom is -0.547 e. The first-order valence-electron chi connectivity index (χ1n) is 33.0. The molecule has 0 saturated heterocycles. The summed E-state index contributed by atoms with van der Waals surface area (Å²) in [4.78, 5) is 198. The average molecular weight is 2210 g/mol. The molecule has 0 aromatic rings. The van der Waals surface area contributed by atoms with Crippen LogP contribution in [-0.2, 0) is 181 Å². The van der Waals surface area contributed by atoms with E-state index in [1.165, 1.54) is 0 Å². The SMILES string of the molecule is O=C[C@H](O)[C@@H](O)[C@@H](O)[C@H](O)C(=O)[O-].O=C[C@H](O)[C@@H](O)[C@@H](O)[C@H](O)C(=O)[O-].O=C[C@H](O)[C@@H](O)[C@@H](O)[C@H](O)C(=O)[O-].O=C[C@H](O)[C@@H](O)[C@@H](O)[C@H](O)C(=O)[O-].O=C[C@H](O)[C@@H](O)[C@@H](O)[C@H](O)C(=O)[O-].O=C[C@H](O)[C@@H](O)[C@@H](O)[C@H](O)C(=O)[O-].O=C[C@H](O)[C@@H](O)[C@@H](O)[C@H](O)C(=O)[O-].O=C[C@H](O)[C@@H](O)[C@@H](O)[C@H](O)C(=O)[O-].O=C[C@H](O)[C@@H](O)[C@@H](O)[C@H](O)C(=O)[O-].O=C[C@H](O)[C@@H](O)[C@@H](O)[C@H](O)C(=O)[O-].[Mn+2].[Mn+2].[Mn+2].[Mn+2].[Mn+2]. The second-order valence-electron chi connectivity index (χ2n) is 23.7. The molecule has 0 unspecified atom stereocenters. The predicted molar refractivity (Wildman–Crippen MR) is 351 cm³/mol. The van der Waals surface area contributed by atoms with Gasteiger partial charge in [0, 0.05) is 0 Å². The number of carbonyl (C=O) groups excluding carboxylic acids is 20. The number of carboxylic acid groups (broad SMARTS) is 10. The maximum atomic E-state index is 9.95. The van der Waals surface area contributed by atoms with Crippen molar-refractivity contribution >= 4 is 123 Å². The fourth-order valence-electron chi connectivity index (χ4n) is 6.09. The Kier molecular flexibility index (Phi) is 102. The number of aldehydes is 10. The van der Waals surface area contributed by atoms with E-state index in [4.69, 9.17) is 204 Å². The van der Waals surface area contributed by atoms with Crippen molar-refractivity contribution in [2.24, 2.45) is 0 Å². The molecule has 0 rings (SSSR count). The van der Waals surface area contributed by atoms with E-state index in [1.54, 1.807) is 0 Å². The molecule has 0 aliphatic rings. The van der Waals surface area contributed by atoms with Crippen LogP contribution >= 0.6 is 0 Å². The Labute approximate surface area is 799 Å². The van der Waals surface area contributed by atoms with Gasteiger partial charge < -0.3 is 351 Å². The molecule has 0 heterocycles. The Morgan fingerprint density at radius 2 is 0.163 bits per heavy atom. The normalized spacial score (nSPS) is 19.3. The number of aliphatic hydroxyl groups is 40. The Morgan fingerprint density at radius 1 is 0.119 bits per heavy atom. The van der Waals surface area contributed by atoms with Gasteiger partial charge in [-0.2, -0.15) is 0 Å². The standard InChI is InChI=1S/10C6H10O7.5Mn/c10*7-1-2(8)3(9)4(10)5(11)6(12)13;;;;;/h10*1-5,8-11H,(H,12,13);;;;;/q;;;;;;;;;;5*+2/p-10/t10*2-,3+,4+,5-;;;;;/m0000000000...../s1. The minimum atomic E-state index is -2.36. The molecule has 40 N–H and O–H groups in total. The molecule has 0 fully saturated rings. The van der Waals surface area contributed by atoms with Crippen molar-refractivity contribution in [2.45, 2.75) is 244 Å². The van der Waals surface area contributed by atoms with Crippen LogP contribution in [0, 0.1) is 0 Å². The molecule has 75 heteroatoms. The Hall–Kier alpha value is -7.60. The van der Waals surface area contributed by atoms with Gasteiger partial charge in [0.2, 0.25) is 0 Å². The predicted octanol–water partition coefficient (Wildman–Crippen LogP) is -46.2. The topological polar surface area (TPSA) is 1380 Å². The minimum absolute atomic E-state index is 0. The van der Waals surface area contributed by atoms with E-state index in [1.807, 2.05) is 0 Å². The van der Waals surface area contributed by atoms with E-state index in [0.29, 0.717) is 0 Å². The van der Waals surface area contributed by atoms with E-state index in [-0.39, 0.29) is 148 Å². The van der Waals surface area contributed by atoms with Gasteiger partial charge in [-0.15, -0.1) is 0 Å². The molecule has 0 aliphatic carbocycles. The quantitative estimate of drug-likeness (QED) is 0.0199. The third-order valence-corrected chi connectivity index (χ3v) is 14.0. The van der Waals surface area contributed by atoms with Crippen molar-refractivity contribution in [3.63, 3.8) is 0 Å². The van der Waals surface area contributed by atoms with Gasteiger partial charge in [0.25, 0.3) is 0 Å². The van der Waals surface area contributed by atoms with Crippen LogP contribution in [0.15, 0.2) is 0 Å². The smallest absolute Gasteiger partial charge is 0.547 e. The third kappa shape index (κ3) is 65.8. The Balaban J connectivity index is -0.0000000908. The van der Waals surface area contributed by atoms with Crippen LogP contribution in [0.3, 0.4) is 0 Å². The van der Waals surface area contributed by atoms with Gasteiger partial charge in [0.15, 0.2) is 62.9 Å². The van der Waals surface area contributed by atoms with Crippen molar-refractivity contribution in [2.75, 3.05) is 0 Å². The van der Waals surface area contributed by atoms with Crippen LogP contribution in [0.25, 0.3) is 0 Å². The zero-order valence-corrected chi connectivity index (χ0v) is 71.8. The Bertz CT molecular complexity index is 2640. The van der Waals surface area contributed by atoms with Crippen LogP contribution in [0.1, 0.15) is 0 Å². The van der Waals surface area contributed by atoms with Crippen molar-refractivity contribution in [3.8, 4) is 0 Å². The maximum absolute atomic E-state index is 9.95. The van der Waals surface area contributed by atoms with Gasteiger partial charge in [0.1, 0.15) is 244 Å². The number of rotatable bonds is 50. The van der Waals surface area contributed by atoms with E-state index in [9.17, 15) is 147 Å². The molecule has 0 bridgehead atoms. The first-order valence-corrected chi connectivity index (χ1v) is 33.0. The van der Waals surface area contributed by atoms with E-state index < -0.39 is 304 Å².